The highest BCUT2D eigenvalue weighted by molar-refractivity contribution is 5.82. The van der Waals surface area contributed by atoms with E-state index in [-0.39, 0.29) is 0 Å². The van der Waals surface area contributed by atoms with Gasteiger partial charge in [-0.15, -0.1) is 0 Å². The van der Waals surface area contributed by atoms with E-state index in [9.17, 15) is 0 Å². The third-order valence-corrected chi connectivity index (χ3v) is 4.72. The summed E-state index contributed by atoms with van der Waals surface area (Å²) in [5, 5.41) is 1.41. The van der Waals surface area contributed by atoms with Crippen LogP contribution < -0.4 is 0 Å². The molecular formula is C21H33N. The van der Waals surface area contributed by atoms with E-state index in [2.05, 4.69) is 42.4 Å². The Bertz CT molecular complexity index is 511. The van der Waals surface area contributed by atoms with Gasteiger partial charge in [0.15, 0.2) is 0 Å². The predicted molar refractivity (Wildman–Crippen MR) is 98.5 cm³/mol. The molecule has 22 heavy (non-hydrogen) atoms. The number of H-pyrrole nitrogens is 1. The minimum absolute atomic E-state index is 1.22. The summed E-state index contributed by atoms with van der Waals surface area (Å²) in [6, 6.07) is 8.64. The van der Waals surface area contributed by atoms with Gasteiger partial charge in [-0.2, -0.15) is 0 Å². The quantitative estimate of drug-likeness (QED) is 0.405. The van der Waals surface area contributed by atoms with Crippen molar-refractivity contribution >= 4 is 10.9 Å². The second-order valence-corrected chi connectivity index (χ2v) is 6.65. The Balaban J connectivity index is 1.48. The summed E-state index contributed by atoms with van der Waals surface area (Å²) in [5.41, 5.74) is 2.77. The zero-order valence-corrected chi connectivity index (χ0v) is 14.4. The lowest BCUT2D eigenvalue weighted by Gasteiger charge is -2.03. The van der Waals surface area contributed by atoms with Crippen molar-refractivity contribution in [2.24, 2.45) is 0 Å². The van der Waals surface area contributed by atoms with Crippen LogP contribution >= 0.6 is 0 Å². The van der Waals surface area contributed by atoms with Gasteiger partial charge in [0.2, 0.25) is 0 Å². The summed E-state index contributed by atoms with van der Waals surface area (Å²) < 4.78 is 0. The number of aromatic nitrogens is 1. The molecular weight excluding hydrogens is 266 g/mol. The standard InChI is InChI=1S/C21H33N/c1-2-3-4-5-6-7-8-9-10-11-12-15-19-18-22-21-17-14-13-16-20(19)21/h13-14,16-18,22H,2-12,15H2,1H3. The highest BCUT2D eigenvalue weighted by atomic mass is 14.7. The lowest BCUT2D eigenvalue weighted by molar-refractivity contribution is 0.550. The average molecular weight is 300 g/mol. The molecule has 0 bridgehead atoms. The van der Waals surface area contributed by atoms with Crippen LogP contribution in [0, 0.1) is 0 Å². The first-order valence-electron chi connectivity index (χ1n) is 9.47. The molecule has 0 aliphatic rings. The number of benzene rings is 1. The molecule has 0 saturated carbocycles. The Morgan fingerprint density at radius 2 is 1.32 bits per heavy atom. The van der Waals surface area contributed by atoms with Crippen LogP contribution in [0.15, 0.2) is 30.5 Å². The van der Waals surface area contributed by atoms with E-state index in [4.69, 9.17) is 0 Å². The fourth-order valence-corrected chi connectivity index (χ4v) is 3.32. The molecule has 1 aromatic carbocycles. The summed E-state index contributed by atoms with van der Waals surface area (Å²) in [4.78, 5) is 3.38. The van der Waals surface area contributed by atoms with E-state index in [1.807, 2.05) is 0 Å². The Kier molecular flexibility index (Phi) is 8.15. The highest BCUT2D eigenvalue weighted by Gasteiger charge is 2.02. The smallest absolute Gasteiger partial charge is 0.0456 e. The van der Waals surface area contributed by atoms with E-state index in [0.29, 0.717) is 0 Å². The van der Waals surface area contributed by atoms with Crippen LogP contribution in [0.2, 0.25) is 0 Å². The van der Waals surface area contributed by atoms with E-state index in [1.165, 1.54) is 93.5 Å². The van der Waals surface area contributed by atoms with Gasteiger partial charge in [-0.25, -0.2) is 0 Å². The minimum atomic E-state index is 1.22. The fourth-order valence-electron chi connectivity index (χ4n) is 3.32. The Morgan fingerprint density at radius 3 is 2.00 bits per heavy atom. The van der Waals surface area contributed by atoms with E-state index in [0.717, 1.165) is 0 Å². The molecule has 0 amide bonds. The van der Waals surface area contributed by atoms with Crippen LogP contribution in [0.5, 0.6) is 0 Å². The minimum Gasteiger partial charge on any atom is -0.361 e. The molecule has 0 aliphatic carbocycles. The number of fused-ring (bicyclic) bond motifs is 1. The summed E-state index contributed by atoms with van der Waals surface area (Å²) in [6.45, 7) is 2.29. The lowest BCUT2D eigenvalue weighted by atomic mass is 10.0. The average Bonchev–Trinajstić information content (AvgIpc) is 2.96. The molecule has 1 heteroatoms. The highest BCUT2D eigenvalue weighted by Crippen LogP contribution is 2.20. The Morgan fingerprint density at radius 1 is 0.727 bits per heavy atom. The van der Waals surface area contributed by atoms with Crippen molar-refractivity contribution in [1.29, 1.82) is 0 Å². The molecule has 122 valence electrons. The van der Waals surface area contributed by atoms with Crippen molar-refractivity contribution in [2.75, 3.05) is 0 Å². The second kappa shape index (κ2) is 10.5. The van der Waals surface area contributed by atoms with Gasteiger partial charge in [0.25, 0.3) is 0 Å². The topological polar surface area (TPSA) is 15.8 Å². The largest absolute Gasteiger partial charge is 0.361 e. The number of para-hydroxylation sites is 1. The molecule has 1 aromatic heterocycles. The molecule has 0 unspecified atom stereocenters. The van der Waals surface area contributed by atoms with Crippen LogP contribution in [0.25, 0.3) is 10.9 Å². The van der Waals surface area contributed by atoms with Gasteiger partial charge < -0.3 is 4.98 Å². The van der Waals surface area contributed by atoms with Crippen molar-refractivity contribution in [1.82, 2.24) is 4.98 Å². The van der Waals surface area contributed by atoms with Crippen LogP contribution in [-0.4, -0.2) is 4.98 Å². The number of aromatic amines is 1. The zero-order chi connectivity index (χ0) is 15.5. The van der Waals surface area contributed by atoms with Crippen LogP contribution in [-0.2, 0) is 6.42 Å². The maximum atomic E-state index is 3.38. The molecule has 0 atom stereocenters. The van der Waals surface area contributed by atoms with E-state index in [1.54, 1.807) is 0 Å². The van der Waals surface area contributed by atoms with Crippen molar-refractivity contribution in [3.8, 4) is 0 Å². The molecule has 0 spiro atoms. The maximum absolute atomic E-state index is 3.38. The number of nitrogens with one attached hydrogen (secondary N) is 1. The molecule has 0 fully saturated rings. The van der Waals surface area contributed by atoms with Crippen molar-refractivity contribution in [3.63, 3.8) is 0 Å². The summed E-state index contributed by atoms with van der Waals surface area (Å²) in [6.07, 6.45) is 19.0. The molecule has 0 radical (unpaired) electrons. The summed E-state index contributed by atoms with van der Waals surface area (Å²) in [5.74, 6) is 0. The Labute approximate surface area is 136 Å². The number of hydrogen-bond acceptors (Lipinski definition) is 0. The first-order valence-corrected chi connectivity index (χ1v) is 9.47. The monoisotopic (exact) mass is 299 g/mol. The third kappa shape index (κ3) is 5.87. The first-order chi connectivity index (χ1) is 10.9. The normalized spacial score (nSPS) is 11.3. The predicted octanol–water partition coefficient (Wildman–Crippen LogP) is 7.02. The van der Waals surface area contributed by atoms with Crippen LogP contribution in [0.4, 0.5) is 0 Å². The maximum Gasteiger partial charge on any atom is 0.0456 e. The zero-order valence-electron chi connectivity index (χ0n) is 14.4. The van der Waals surface area contributed by atoms with Gasteiger partial charge >= 0.3 is 0 Å². The number of hydrogen-bond donors (Lipinski definition) is 1. The summed E-state index contributed by atoms with van der Waals surface area (Å²) >= 11 is 0. The van der Waals surface area contributed by atoms with Crippen LogP contribution in [0.3, 0.4) is 0 Å². The van der Waals surface area contributed by atoms with Gasteiger partial charge in [0.1, 0.15) is 0 Å². The van der Waals surface area contributed by atoms with E-state index < -0.39 is 0 Å². The molecule has 1 heterocycles. The van der Waals surface area contributed by atoms with Gasteiger partial charge in [-0.05, 0) is 24.5 Å². The third-order valence-electron chi connectivity index (χ3n) is 4.72. The number of unbranched alkanes of at least 4 members (excludes halogenated alkanes) is 10. The first kappa shape index (κ1) is 17.1. The van der Waals surface area contributed by atoms with Crippen molar-refractivity contribution in [3.05, 3.63) is 36.0 Å². The molecule has 0 saturated heterocycles. The Hall–Kier alpha value is -1.24. The van der Waals surface area contributed by atoms with Gasteiger partial charge in [0.05, 0.1) is 0 Å². The number of rotatable bonds is 12. The summed E-state index contributed by atoms with van der Waals surface area (Å²) in [7, 11) is 0. The van der Waals surface area contributed by atoms with Crippen molar-refractivity contribution in [2.45, 2.75) is 84.0 Å². The SMILES string of the molecule is CCCCCCCCCCCCCc1c[nH]c2ccccc12. The second-order valence-electron chi connectivity index (χ2n) is 6.65. The van der Waals surface area contributed by atoms with Gasteiger partial charge in [-0.3, -0.25) is 0 Å². The van der Waals surface area contributed by atoms with E-state index >= 15 is 0 Å². The van der Waals surface area contributed by atoms with Gasteiger partial charge in [0, 0.05) is 17.1 Å². The van der Waals surface area contributed by atoms with Gasteiger partial charge in [-0.1, -0.05) is 89.3 Å². The lowest BCUT2D eigenvalue weighted by Crippen LogP contribution is -1.85. The fraction of sp³-hybridized carbons (Fsp3) is 0.619. The molecule has 2 rings (SSSR count). The molecule has 2 aromatic rings. The van der Waals surface area contributed by atoms with Crippen molar-refractivity contribution < 1.29 is 0 Å². The van der Waals surface area contributed by atoms with Crippen LogP contribution in [0.1, 0.15) is 83.1 Å². The molecule has 1 nitrogen and oxygen atoms in total. The molecule has 0 aliphatic heterocycles. The molecule has 1 N–H and O–H groups in total. The number of aryl methyl sites for hydroxylation is 1.